The van der Waals surface area contributed by atoms with Crippen molar-refractivity contribution in [3.8, 4) is 11.5 Å². The van der Waals surface area contributed by atoms with Gasteiger partial charge < -0.3 is 14.6 Å². The zero-order valence-electron chi connectivity index (χ0n) is 9.61. The molecule has 86 valence electrons. The maximum atomic E-state index is 9.66. The van der Waals surface area contributed by atoms with Gasteiger partial charge in [0.05, 0.1) is 0 Å². The maximum Gasteiger partial charge on any atom is 0.142 e. The predicted molar refractivity (Wildman–Crippen MR) is 66.5 cm³/mol. The van der Waals surface area contributed by atoms with Gasteiger partial charge >= 0.3 is 0 Å². The number of fused-ring (bicyclic) bond motifs is 3. The Bertz CT molecular complexity index is 676. The molecule has 0 spiro atoms. The van der Waals surface area contributed by atoms with E-state index in [9.17, 15) is 10.2 Å². The van der Waals surface area contributed by atoms with Crippen LogP contribution in [0.1, 0.15) is 11.1 Å². The molecule has 0 aliphatic carbocycles. The highest BCUT2D eigenvalue weighted by molar-refractivity contribution is 6.07. The number of hydrogen-bond donors (Lipinski definition) is 2. The third-order valence-electron chi connectivity index (χ3n) is 3.25. The number of benzene rings is 2. The molecule has 3 heteroatoms. The summed E-state index contributed by atoms with van der Waals surface area (Å²) in [5.74, 6) is 0.442. The van der Waals surface area contributed by atoms with E-state index in [1.807, 2.05) is 26.0 Å². The zero-order valence-corrected chi connectivity index (χ0v) is 9.61. The smallest absolute Gasteiger partial charge is 0.142 e. The summed E-state index contributed by atoms with van der Waals surface area (Å²) in [5.41, 5.74) is 2.79. The molecule has 0 saturated heterocycles. The highest BCUT2D eigenvalue weighted by Gasteiger charge is 2.14. The Morgan fingerprint density at radius 1 is 0.765 bits per heavy atom. The van der Waals surface area contributed by atoms with E-state index in [1.165, 1.54) is 0 Å². The van der Waals surface area contributed by atoms with Crippen LogP contribution in [0, 0.1) is 13.8 Å². The van der Waals surface area contributed by atoms with E-state index in [2.05, 4.69) is 0 Å². The number of aryl methyl sites for hydroxylation is 2. The monoisotopic (exact) mass is 228 g/mol. The van der Waals surface area contributed by atoms with Crippen LogP contribution in [0.2, 0.25) is 0 Å². The van der Waals surface area contributed by atoms with Crippen LogP contribution in [-0.2, 0) is 0 Å². The molecule has 0 bridgehead atoms. The minimum atomic E-state index is 0.221. The van der Waals surface area contributed by atoms with Crippen molar-refractivity contribution in [2.45, 2.75) is 13.8 Å². The molecule has 2 aromatic carbocycles. The molecule has 3 nitrogen and oxygen atoms in total. The average Bonchev–Trinajstić information content (AvgIpc) is 2.69. The summed E-state index contributed by atoms with van der Waals surface area (Å²) in [5, 5.41) is 21.2. The van der Waals surface area contributed by atoms with Crippen LogP contribution >= 0.6 is 0 Å². The summed E-state index contributed by atoms with van der Waals surface area (Å²) in [7, 11) is 0. The van der Waals surface area contributed by atoms with Crippen molar-refractivity contribution in [1.82, 2.24) is 0 Å². The van der Waals surface area contributed by atoms with E-state index in [4.69, 9.17) is 4.42 Å². The van der Waals surface area contributed by atoms with Gasteiger partial charge in [0.25, 0.3) is 0 Å². The molecule has 0 atom stereocenters. The van der Waals surface area contributed by atoms with Gasteiger partial charge in [-0.1, -0.05) is 0 Å². The largest absolute Gasteiger partial charge is 0.508 e. The molecule has 3 aromatic rings. The first-order valence-electron chi connectivity index (χ1n) is 5.43. The van der Waals surface area contributed by atoms with Crippen LogP contribution < -0.4 is 0 Å². The van der Waals surface area contributed by atoms with E-state index in [1.54, 1.807) is 12.1 Å². The molecule has 17 heavy (non-hydrogen) atoms. The number of furan rings is 1. The molecule has 0 amide bonds. The van der Waals surface area contributed by atoms with Crippen molar-refractivity contribution in [3.05, 3.63) is 35.4 Å². The Morgan fingerprint density at radius 3 is 1.59 bits per heavy atom. The van der Waals surface area contributed by atoms with Gasteiger partial charge in [-0.15, -0.1) is 0 Å². The van der Waals surface area contributed by atoms with E-state index >= 15 is 0 Å². The second-order valence-corrected chi connectivity index (χ2v) is 4.27. The Kier molecular flexibility index (Phi) is 1.87. The first-order chi connectivity index (χ1) is 8.09. The molecule has 0 saturated carbocycles. The number of hydrogen-bond acceptors (Lipinski definition) is 3. The van der Waals surface area contributed by atoms with Crippen LogP contribution in [0.25, 0.3) is 21.9 Å². The summed E-state index contributed by atoms with van der Waals surface area (Å²) in [6.45, 7) is 3.63. The fraction of sp³-hybridized carbons (Fsp3) is 0.143. The predicted octanol–water partition coefficient (Wildman–Crippen LogP) is 3.61. The van der Waals surface area contributed by atoms with Gasteiger partial charge in [0.2, 0.25) is 0 Å². The van der Waals surface area contributed by atoms with E-state index < -0.39 is 0 Å². The van der Waals surface area contributed by atoms with Crippen molar-refractivity contribution in [1.29, 1.82) is 0 Å². The third kappa shape index (κ3) is 1.22. The SMILES string of the molecule is Cc1c(O)ccc2c1oc1c(C)c(O)ccc12. The van der Waals surface area contributed by atoms with Crippen molar-refractivity contribution >= 4 is 21.9 Å². The second kappa shape index (κ2) is 3.17. The highest BCUT2D eigenvalue weighted by Crippen LogP contribution is 2.37. The van der Waals surface area contributed by atoms with Gasteiger partial charge in [-0.25, -0.2) is 0 Å². The Morgan fingerprint density at radius 2 is 1.18 bits per heavy atom. The summed E-state index contributed by atoms with van der Waals surface area (Å²) in [4.78, 5) is 0. The fourth-order valence-corrected chi connectivity index (χ4v) is 2.15. The molecule has 0 unspecified atom stereocenters. The van der Waals surface area contributed by atoms with Crippen LogP contribution in [0.5, 0.6) is 11.5 Å². The third-order valence-corrected chi connectivity index (χ3v) is 3.25. The number of phenolic OH excluding ortho intramolecular Hbond substituents is 2. The van der Waals surface area contributed by atoms with Gasteiger partial charge in [-0.05, 0) is 38.1 Å². The normalized spacial score (nSPS) is 11.4. The Labute approximate surface area is 97.9 Å². The average molecular weight is 228 g/mol. The van der Waals surface area contributed by atoms with Gasteiger partial charge in [0.15, 0.2) is 0 Å². The second-order valence-electron chi connectivity index (χ2n) is 4.27. The standard InChI is InChI=1S/C14H12O3/c1-7-11(15)5-3-9-10-4-6-12(16)8(2)14(10)17-13(7)9/h3-6,15-16H,1-2H3. The van der Waals surface area contributed by atoms with E-state index in [0.717, 1.165) is 21.9 Å². The number of rotatable bonds is 0. The van der Waals surface area contributed by atoms with Gasteiger partial charge in [-0.2, -0.15) is 0 Å². The van der Waals surface area contributed by atoms with Crippen molar-refractivity contribution in [2.75, 3.05) is 0 Å². The minimum absolute atomic E-state index is 0.221. The van der Waals surface area contributed by atoms with E-state index in [-0.39, 0.29) is 11.5 Å². The minimum Gasteiger partial charge on any atom is -0.508 e. The van der Waals surface area contributed by atoms with Crippen molar-refractivity contribution in [3.63, 3.8) is 0 Å². The Balaban J connectivity index is 2.58. The molecule has 0 radical (unpaired) electrons. The van der Waals surface area contributed by atoms with Crippen LogP contribution in [-0.4, -0.2) is 10.2 Å². The summed E-state index contributed by atoms with van der Waals surface area (Å²) < 4.78 is 5.76. The molecular formula is C14H12O3. The van der Waals surface area contributed by atoms with Crippen molar-refractivity contribution in [2.24, 2.45) is 0 Å². The molecule has 1 heterocycles. The van der Waals surface area contributed by atoms with Crippen LogP contribution in [0.3, 0.4) is 0 Å². The van der Waals surface area contributed by atoms with Crippen LogP contribution in [0.15, 0.2) is 28.7 Å². The molecule has 2 N–H and O–H groups in total. The van der Waals surface area contributed by atoms with Crippen LogP contribution in [0.4, 0.5) is 0 Å². The van der Waals surface area contributed by atoms with Gasteiger partial charge in [0.1, 0.15) is 22.7 Å². The summed E-state index contributed by atoms with van der Waals surface area (Å²) in [6, 6.07) is 6.99. The quantitative estimate of drug-likeness (QED) is 0.618. The fourth-order valence-electron chi connectivity index (χ4n) is 2.15. The lowest BCUT2D eigenvalue weighted by atomic mass is 10.1. The molecule has 1 aromatic heterocycles. The van der Waals surface area contributed by atoms with E-state index in [0.29, 0.717) is 11.2 Å². The lowest BCUT2D eigenvalue weighted by Crippen LogP contribution is -1.75. The maximum absolute atomic E-state index is 9.66. The molecular weight excluding hydrogens is 216 g/mol. The lowest BCUT2D eigenvalue weighted by Gasteiger charge is -1.97. The first-order valence-corrected chi connectivity index (χ1v) is 5.43. The van der Waals surface area contributed by atoms with Crippen molar-refractivity contribution < 1.29 is 14.6 Å². The molecule has 0 aliphatic rings. The topological polar surface area (TPSA) is 53.6 Å². The Hall–Kier alpha value is -2.16. The van der Waals surface area contributed by atoms with Gasteiger partial charge in [-0.3, -0.25) is 0 Å². The zero-order chi connectivity index (χ0) is 12.2. The molecule has 3 rings (SSSR count). The molecule has 0 fully saturated rings. The number of phenols is 2. The molecule has 0 aliphatic heterocycles. The van der Waals surface area contributed by atoms with Gasteiger partial charge in [0, 0.05) is 21.9 Å². The highest BCUT2D eigenvalue weighted by atomic mass is 16.3. The summed E-state index contributed by atoms with van der Waals surface area (Å²) >= 11 is 0. The lowest BCUT2D eigenvalue weighted by molar-refractivity contribution is 0.469. The first kappa shape index (κ1) is 10.0. The number of aromatic hydroxyl groups is 2. The summed E-state index contributed by atoms with van der Waals surface area (Å²) in [6.07, 6.45) is 0.